The van der Waals surface area contributed by atoms with Crippen molar-refractivity contribution >= 4 is 41.9 Å². The van der Waals surface area contributed by atoms with Crippen LogP contribution in [0.2, 0.25) is 5.28 Å². The Morgan fingerprint density at radius 3 is 2.51 bits per heavy atom. The molecule has 1 saturated heterocycles. The maximum atomic E-state index is 12.2. The number of nitrogens with one attached hydrogen (secondary N) is 1. The monoisotopic (exact) mass is 583 g/mol. The third-order valence-corrected chi connectivity index (χ3v) is 11.1. The molecule has 2 aromatic rings. The van der Waals surface area contributed by atoms with E-state index in [0.717, 1.165) is 19.3 Å². The predicted molar refractivity (Wildman–Crippen MR) is 142 cm³/mol. The average Bonchev–Trinajstić information content (AvgIpc) is 3.30. The summed E-state index contributed by atoms with van der Waals surface area (Å²) in [5.74, 6) is -0.189. The first-order valence-electron chi connectivity index (χ1n) is 13.4. The van der Waals surface area contributed by atoms with Gasteiger partial charge in [-0.3, -0.25) is 13.9 Å². The number of aliphatic hydroxyl groups excluding tert-OH is 2. The van der Waals surface area contributed by atoms with Crippen molar-refractivity contribution in [3.05, 3.63) is 11.6 Å². The lowest BCUT2D eigenvalue weighted by Crippen LogP contribution is -2.61. The molecular formula is C25H35ClN5O7P. The highest BCUT2D eigenvalue weighted by Gasteiger charge is 2.60. The van der Waals surface area contributed by atoms with Gasteiger partial charge in [-0.05, 0) is 73.3 Å². The van der Waals surface area contributed by atoms with Crippen LogP contribution < -0.4 is 5.32 Å². The summed E-state index contributed by atoms with van der Waals surface area (Å²) < 4.78 is 19.5. The number of carboxylic acid groups (broad SMARTS) is 1. The van der Waals surface area contributed by atoms with Gasteiger partial charge >= 0.3 is 5.97 Å². The number of halogens is 1. The Hall–Kier alpha value is -1.82. The number of aliphatic hydroxyl groups is 2. The summed E-state index contributed by atoms with van der Waals surface area (Å²) in [5.41, 5.74) is 1.25. The van der Waals surface area contributed by atoms with Crippen LogP contribution in [0.4, 0.5) is 5.82 Å². The van der Waals surface area contributed by atoms with Gasteiger partial charge in [-0.15, -0.1) is 0 Å². The summed E-state index contributed by atoms with van der Waals surface area (Å²) in [6, 6.07) is 0. The van der Waals surface area contributed by atoms with Gasteiger partial charge in [-0.2, -0.15) is 9.97 Å². The Morgan fingerprint density at radius 2 is 1.87 bits per heavy atom. The van der Waals surface area contributed by atoms with E-state index in [0.29, 0.717) is 22.9 Å². The molecule has 39 heavy (non-hydrogen) atoms. The summed E-state index contributed by atoms with van der Waals surface area (Å²) in [6.45, 7) is 4.78. The molecule has 5 fully saturated rings. The molecule has 7 rings (SSSR count). The molecule has 1 aliphatic heterocycles. The molecule has 3 heterocycles. The van der Waals surface area contributed by atoms with E-state index in [4.69, 9.17) is 21.4 Å². The fourth-order valence-corrected chi connectivity index (χ4v) is 10.2. The zero-order valence-electron chi connectivity index (χ0n) is 22.0. The van der Waals surface area contributed by atoms with E-state index < -0.39 is 44.0 Å². The lowest BCUT2D eigenvalue weighted by Gasteiger charge is -2.65. The molecule has 4 aliphatic carbocycles. The van der Waals surface area contributed by atoms with E-state index in [2.05, 4.69) is 34.1 Å². The molecule has 5 N–H and O–H groups in total. The van der Waals surface area contributed by atoms with Crippen LogP contribution in [0.25, 0.3) is 11.2 Å². The fraction of sp³-hybridized carbons (Fsp3) is 0.760. The molecule has 12 nitrogen and oxygen atoms in total. The van der Waals surface area contributed by atoms with Crippen molar-refractivity contribution in [2.45, 2.75) is 88.9 Å². The second-order valence-electron chi connectivity index (χ2n) is 13.2. The van der Waals surface area contributed by atoms with Crippen molar-refractivity contribution in [1.82, 2.24) is 19.5 Å². The number of carbonyl (C=O) groups is 1. The molecule has 214 valence electrons. The van der Waals surface area contributed by atoms with Crippen molar-refractivity contribution in [3.8, 4) is 0 Å². The Kier molecular flexibility index (Phi) is 6.38. The number of rotatable bonds is 8. The minimum absolute atomic E-state index is 0.00776. The van der Waals surface area contributed by atoms with Crippen molar-refractivity contribution in [3.63, 3.8) is 0 Å². The summed E-state index contributed by atoms with van der Waals surface area (Å²) in [6.07, 6.45) is 2.20. The molecule has 0 radical (unpaired) electrons. The van der Waals surface area contributed by atoms with E-state index in [1.807, 2.05) is 0 Å². The minimum atomic E-state index is -3.96. The third kappa shape index (κ3) is 4.97. The Bertz CT molecular complexity index is 1350. The van der Waals surface area contributed by atoms with Crippen LogP contribution in [0.1, 0.15) is 65.0 Å². The normalized spacial score (nSPS) is 40.7. The second-order valence-corrected chi connectivity index (χ2v) is 16.0. The standard InChI is InChI=1S/C25H35ClN5O7P/c1-23-5-13-6-24(2,9-23)11-25(7-13,10-23)30-19-16-20(29-22(26)28-19)31(12-27-16)21-18(35)17(34)14(38-21)3-4-39(36,37)8-15(32)33/h12-14,17-18,21,34-35H,3-11H2,1-2H3,(H,32,33)(H,36,37)(H,28,29,30)/t13-,14?,17?,18?,21?,23+,24-,25-. The first kappa shape index (κ1) is 27.4. The highest BCUT2D eigenvalue weighted by Crippen LogP contribution is 2.67. The molecular weight excluding hydrogens is 549 g/mol. The third-order valence-electron chi connectivity index (χ3n) is 9.16. The minimum Gasteiger partial charge on any atom is -0.481 e. The van der Waals surface area contributed by atoms with E-state index in [-0.39, 0.29) is 34.2 Å². The maximum Gasteiger partial charge on any atom is 0.313 e. The number of nitrogens with zero attached hydrogens (tertiary/aromatic N) is 4. The molecule has 4 bridgehead atoms. The van der Waals surface area contributed by atoms with Crippen LogP contribution in [-0.2, 0) is 14.1 Å². The van der Waals surface area contributed by atoms with Gasteiger partial charge in [0.15, 0.2) is 23.2 Å². The number of anilines is 1. The molecule has 5 aliphatic rings. The van der Waals surface area contributed by atoms with Crippen LogP contribution >= 0.6 is 19.0 Å². The molecule has 14 heteroatoms. The number of carboxylic acids is 1. The molecule has 4 saturated carbocycles. The highest BCUT2D eigenvalue weighted by molar-refractivity contribution is 7.58. The first-order chi connectivity index (χ1) is 18.2. The van der Waals surface area contributed by atoms with Gasteiger partial charge in [0.05, 0.1) is 12.4 Å². The van der Waals surface area contributed by atoms with E-state index in [1.165, 1.54) is 30.2 Å². The molecule has 0 amide bonds. The van der Waals surface area contributed by atoms with Crippen LogP contribution in [0.5, 0.6) is 0 Å². The second kappa shape index (κ2) is 9.09. The highest BCUT2D eigenvalue weighted by atomic mass is 35.5. The molecule has 2 aromatic heterocycles. The Balaban J connectivity index is 1.26. The van der Waals surface area contributed by atoms with Gasteiger partial charge in [-0.1, -0.05) is 13.8 Å². The van der Waals surface area contributed by atoms with Crippen LogP contribution in [-0.4, -0.2) is 81.9 Å². The molecule has 5 unspecified atom stereocenters. The number of ether oxygens (including phenoxy) is 1. The van der Waals surface area contributed by atoms with Crippen LogP contribution in [0, 0.1) is 16.7 Å². The Labute approximate surface area is 230 Å². The summed E-state index contributed by atoms with van der Waals surface area (Å²) in [5, 5.41) is 34.0. The van der Waals surface area contributed by atoms with Crippen molar-refractivity contribution < 1.29 is 34.3 Å². The largest absolute Gasteiger partial charge is 0.481 e. The van der Waals surface area contributed by atoms with Crippen molar-refractivity contribution in [2.24, 2.45) is 16.7 Å². The van der Waals surface area contributed by atoms with E-state index in [1.54, 1.807) is 0 Å². The smallest absolute Gasteiger partial charge is 0.313 e. The number of aromatic nitrogens is 4. The molecule has 0 spiro atoms. The summed E-state index contributed by atoms with van der Waals surface area (Å²) in [4.78, 5) is 34.2. The Morgan fingerprint density at radius 1 is 1.18 bits per heavy atom. The lowest BCUT2D eigenvalue weighted by molar-refractivity contribution is -0.134. The zero-order valence-corrected chi connectivity index (χ0v) is 23.6. The van der Waals surface area contributed by atoms with Gasteiger partial charge in [0.1, 0.15) is 18.4 Å². The first-order valence-corrected chi connectivity index (χ1v) is 15.8. The quantitative estimate of drug-likeness (QED) is 0.228. The van der Waals surface area contributed by atoms with Crippen molar-refractivity contribution in [1.29, 1.82) is 0 Å². The van der Waals surface area contributed by atoms with Crippen LogP contribution in [0.15, 0.2) is 6.33 Å². The summed E-state index contributed by atoms with van der Waals surface area (Å²) in [7, 11) is -3.96. The average molecular weight is 584 g/mol. The SMILES string of the molecule is C[C@]12C[C@@H]3C[C@](C)(C1)C[C@@](Nc1nc(Cl)nc4c1ncn4C1OC(CCP(=O)(O)CC(=O)O)C(O)C1O)(C3)C2. The van der Waals surface area contributed by atoms with Gasteiger partial charge in [0.25, 0.3) is 0 Å². The number of aliphatic carboxylic acids is 1. The zero-order chi connectivity index (χ0) is 28.0. The molecule has 9 atom stereocenters. The molecule has 0 aromatic carbocycles. The number of fused-ring (bicyclic) bond motifs is 1. The maximum absolute atomic E-state index is 12.2. The number of imidazole rings is 1. The van der Waals surface area contributed by atoms with E-state index >= 15 is 0 Å². The predicted octanol–water partition coefficient (Wildman–Crippen LogP) is 3.00. The topological polar surface area (TPSA) is 180 Å². The van der Waals surface area contributed by atoms with Gasteiger partial charge in [-0.25, -0.2) is 4.98 Å². The number of hydrogen-bond acceptors (Lipinski definition) is 9. The van der Waals surface area contributed by atoms with Gasteiger partial charge in [0, 0.05) is 11.7 Å². The van der Waals surface area contributed by atoms with E-state index in [9.17, 15) is 24.5 Å². The fourth-order valence-electron chi connectivity index (χ4n) is 8.82. The van der Waals surface area contributed by atoms with Gasteiger partial charge < -0.3 is 30.3 Å². The summed E-state index contributed by atoms with van der Waals surface area (Å²) >= 11 is 6.37. The van der Waals surface area contributed by atoms with Gasteiger partial charge in [0.2, 0.25) is 12.7 Å². The lowest BCUT2D eigenvalue weighted by atomic mass is 9.43. The van der Waals surface area contributed by atoms with Crippen molar-refractivity contribution in [2.75, 3.05) is 17.6 Å². The van der Waals surface area contributed by atoms with Crippen LogP contribution in [0.3, 0.4) is 0 Å². The number of hydrogen-bond donors (Lipinski definition) is 5.